The van der Waals surface area contributed by atoms with E-state index in [1.165, 1.54) is 21.5 Å². The van der Waals surface area contributed by atoms with Gasteiger partial charge in [-0.1, -0.05) is 91.0 Å². The van der Waals surface area contributed by atoms with Crippen molar-refractivity contribution in [2.24, 2.45) is 0 Å². The average Bonchev–Trinajstić information content (AvgIpc) is 3.85. The largest absolute Gasteiger partial charge is 0.310 e. The third-order valence-electron chi connectivity index (χ3n) is 10.9. The van der Waals surface area contributed by atoms with Gasteiger partial charge in [0.1, 0.15) is 11.6 Å². The number of para-hydroxylation sites is 4. The van der Waals surface area contributed by atoms with Crippen molar-refractivity contribution in [1.29, 1.82) is 0 Å². The van der Waals surface area contributed by atoms with Gasteiger partial charge < -0.3 is 13.7 Å². The summed E-state index contributed by atoms with van der Waals surface area (Å²) in [6.07, 6.45) is 0. The number of nitrogens with zero attached hydrogens (tertiary/aromatic N) is 7. The number of hydrogen-bond acceptors (Lipinski definition) is 3. The van der Waals surface area contributed by atoms with Crippen LogP contribution < -0.4 is 0 Å². The van der Waals surface area contributed by atoms with Crippen molar-refractivity contribution in [2.45, 2.75) is 13.8 Å². The van der Waals surface area contributed by atoms with Gasteiger partial charge in [-0.3, -0.25) is 0 Å². The summed E-state index contributed by atoms with van der Waals surface area (Å²) in [5.41, 5.74) is 10.9. The maximum Gasteiger partial charge on any atom is 0.200 e. The third kappa shape index (κ3) is 4.58. The predicted molar refractivity (Wildman–Crippen MR) is 224 cm³/mol. The summed E-state index contributed by atoms with van der Waals surface area (Å²) < 4.78 is 7.02. The molecule has 0 amide bonds. The maximum absolute atomic E-state index is 8.29. The molecule has 11 rings (SSSR count). The van der Waals surface area contributed by atoms with E-state index in [0.717, 1.165) is 60.9 Å². The zero-order valence-corrected chi connectivity index (χ0v) is 30.1. The molecule has 11 aromatic rings. The van der Waals surface area contributed by atoms with Gasteiger partial charge >= 0.3 is 0 Å². The van der Waals surface area contributed by atoms with Crippen LogP contribution in [0.25, 0.3) is 98.7 Å². The monoisotopic (exact) mass is 705 g/mol. The second-order valence-electron chi connectivity index (χ2n) is 14.0. The van der Waals surface area contributed by atoms with Crippen molar-refractivity contribution in [3.8, 4) is 28.5 Å². The van der Waals surface area contributed by atoms with Gasteiger partial charge in [0.25, 0.3) is 0 Å². The van der Waals surface area contributed by atoms with Crippen LogP contribution in [0.4, 0.5) is 5.69 Å². The molecular weight excluding hydrogens is 675 g/mol. The summed E-state index contributed by atoms with van der Waals surface area (Å²) in [5.74, 6) is 1.76. The summed E-state index contributed by atoms with van der Waals surface area (Å²) >= 11 is 0. The highest BCUT2D eigenvalue weighted by molar-refractivity contribution is 6.13. The molecule has 258 valence electrons. The Labute approximate surface area is 315 Å². The summed E-state index contributed by atoms with van der Waals surface area (Å²) in [5, 5.41) is 7.13. The zero-order chi connectivity index (χ0) is 36.8. The van der Waals surface area contributed by atoms with E-state index >= 15 is 0 Å². The van der Waals surface area contributed by atoms with Gasteiger partial charge in [0, 0.05) is 54.9 Å². The van der Waals surface area contributed by atoms with Gasteiger partial charge in [-0.25, -0.2) is 19.8 Å². The van der Waals surface area contributed by atoms with Gasteiger partial charge in [0.15, 0.2) is 11.5 Å². The zero-order valence-electron chi connectivity index (χ0n) is 30.1. The fourth-order valence-electron chi connectivity index (χ4n) is 8.63. The van der Waals surface area contributed by atoms with E-state index in [0.29, 0.717) is 28.7 Å². The number of benzene rings is 7. The lowest BCUT2D eigenvalue weighted by Gasteiger charge is -2.14. The summed E-state index contributed by atoms with van der Waals surface area (Å²) in [6.45, 7) is 12.0. The highest BCUT2D eigenvalue weighted by Gasteiger charge is 2.20. The number of aromatic nitrogens is 6. The fraction of sp³-hybridized carbons (Fsp3) is 0.0417. The first kappa shape index (κ1) is 31.0. The normalized spacial score (nSPS) is 11.8. The van der Waals surface area contributed by atoms with E-state index in [4.69, 9.17) is 6.57 Å². The van der Waals surface area contributed by atoms with Crippen LogP contribution in [0.1, 0.15) is 11.6 Å². The molecule has 7 aromatic carbocycles. The molecule has 0 saturated carbocycles. The van der Waals surface area contributed by atoms with E-state index < -0.39 is 0 Å². The fourth-order valence-corrected chi connectivity index (χ4v) is 8.63. The molecule has 0 atom stereocenters. The van der Waals surface area contributed by atoms with E-state index in [-0.39, 0.29) is 0 Å². The number of aryl methyl sites for hydroxylation is 2. The molecule has 4 aromatic heterocycles. The maximum atomic E-state index is 8.29. The van der Waals surface area contributed by atoms with Crippen LogP contribution in [-0.4, -0.2) is 28.7 Å². The van der Waals surface area contributed by atoms with Crippen LogP contribution in [0, 0.1) is 20.4 Å². The van der Waals surface area contributed by atoms with Crippen molar-refractivity contribution >= 4 is 71.1 Å². The Kier molecular flexibility index (Phi) is 6.61. The van der Waals surface area contributed by atoms with Crippen molar-refractivity contribution in [2.75, 3.05) is 0 Å². The van der Waals surface area contributed by atoms with E-state index in [9.17, 15) is 0 Å². The molecule has 0 aliphatic carbocycles. The van der Waals surface area contributed by atoms with Crippen LogP contribution in [0.2, 0.25) is 0 Å². The molecule has 0 unspecified atom stereocenters. The second-order valence-corrected chi connectivity index (χ2v) is 14.0. The molecule has 0 aliphatic heterocycles. The van der Waals surface area contributed by atoms with Gasteiger partial charge in [-0.05, 0) is 74.5 Å². The molecule has 4 heterocycles. The average molecular weight is 706 g/mol. The molecule has 0 bridgehead atoms. The lowest BCUT2D eigenvalue weighted by molar-refractivity contribution is 0.929. The number of hydrogen-bond donors (Lipinski definition) is 0. The van der Waals surface area contributed by atoms with E-state index in [2.05, 4.69) is 173 Å². The minimum absolute atomic E-state index is 0.481. The summed E-state index contributed by atoms with van der Waals surface area (Å²) in [7, 11) is 0. The van der Waals surface area contributed by atoms with Crippen LogP contribution in [0.3, 0.4) is 0 Å². The standard InChI is InChI=1S/C48H31N7/c1-29-50-30(2)52-48(51-29)40-25-22-31(26-41(40)49-3)55-46-27-32(53-42-16-8-4-12-34(42)35-13-5-9-17-43(35)53)20-23-38(46)39-24-21-33(28-47(39)55)54-44-18-10-6-14-36(44)37-15-7-11-19-45(37)54/h4-28H,1-2H3. The topological polar surface area (TPSA) is 57.8 Å². The van der Waals surface area contributed by atoms with Crippen molar-refractivity contribution in [3.63, 3.8) is 0 Å². The van der Waals surface area contributed by atoms with E-state index in [1.807, 2.05) is 26.0 Å². The van der Waals surface area contributed by atoms with E-state index in [1.54, 1.807) is 0 Å². The first-order valence-electron chi connectivity index (χ1n) is 18.3. The molecule has 0 aliphatic rings. The Balaban J connectivity index is 1.22. The molecule has 0 saturated heterocycles. The lowest BCUT2D eigenvalue weighted by Crippen LogP contribution is -2.00. The van der Waals surface area contributed by atoms with Crippen LogP contribution in [0.5, 0.6) is 0 Å². The van der Waals surface area contributed by atoms with Gasteiger partial charge in [-0.15, -0.1) is 0 Å². The van der Waals surface area contributed by atoms with Crippen LogP contribution in [-0.2, 0) is 0 Å². The minimum Gasteiger partial charge on any atom is -0.310 e. The Morgan fingerprint density at radius 1 is 0.400 bits per heavy atom. The predicted octanol–water partition coefficient (Wildman–Crippen LogP) is 12.0. The highest BCUT2D eigenvalue weighted by Crippen LogP contribution is 2.40. The minimum atomic E-state index is 0.481. The van der Waals surface area contributed by atoms with Crippen molar-refractivity contribution in [1.82, 2.24) is 28.7 Å². The van der Waals surface area contributed by atoms with Gasteiger partial charge in [0.2, 0.25) is 0 Å². The smallest absolute Gasteiger partial charge is 0.200 e. The quantitative estimate of drug-likeness (QED) is 0.171. The summed E-state index contributed by atoms with van der Waals surface area (Å²) in [6, 6.07) is 53.9. The van der Waals surface area contributed by atoms with Crippen LogP contribution >= 0.6 is 0 Å². The SMILES string of the molecule is [C-]#[N+]c1cc(-n2c3cc(-n4c5ccccc5c5ccccc54)ccc3c3ccc(-n4c5ccccc5c5ccccc54)cc32)ccc1-c1nc(C)nc(C)n1. The van der Waals surface area contributed by atoms with Crippen LogP contribution in [0.15, 0.2) is 152 Å². The third-order valence-corrected chi connectivity index (χ3v) is 10.9. The Hall–Kier alpha value is -7.56. The Bertz CT molecular complexity index is 3130. The lowest BCUT2D eigenvalue weighted by atomic mass is 10.1. The summed E-state index contributed by atoms with van der Waals surface area (Å²) in [4.78, 5) is 17.6. The number of rotatable bonds is 4. The Morgan fingerprint density at radius 2 is 0.764 bits per heavy atom. The van der Waals surface area contributed by atoms with Crippen molar-refractivity contribution < 1.29 is 0 Å². The molecule has 55 heavy (non-hydrogen) atoms. The molecule has 7 nitrogen and oxygen atoms in total. The van der Waals surface area contributed by atoms with Crippen molar-refractivity contribution in [3.05, 3.63) is 175 Å². The Morgan fingerprint density at radius 3 is 1.20 bits per heavy atom. The first-order chi connectivity index (χ1) is 27.1. The molecule has 0 spiro atoms. The van der Waals surface area contributed by atoms with Gasteiger partial charge in [-0.2, -0.15) is 0 Å². The molecule has 0 radical (unpaired) electrons. The number of fused-ring (bicyclic) bond motifs is 9. The molecular formula is C48H31N7. The molecule has 7 heteroatoms. The first-order valence-corrected chi connectivity index (χ1v) is 18.3. The molecule has 0 fully saturated rings. The highest BCUT2D eigenvalue weighted by atomic mass is 15.0. The second kappa shape index (κ2) is 11.7. The molecule has 0 N–H and O–H groups in total. The van der Waals surface area contributed by atoms with Gasteiger partial charge in [0.05, 0.1) is 39.7 Å².